The highest BCUT2D eigenvalue weighted by atomic mass is 16.6. The minimum Gasteiger partial charge on any atom is -0.411 e. The number of hydrogen-bond donors (Lipinski definition) is 0. The lowest BCUT2D eigenvalue weighted by molar-refractivity contribution is 0.131. The molecule has 0 heterocycles. The van der Waals surface area contributed by atoms with E-state index in [9.17, 15) is 4.79 Å². The van der Waals surface area contributed by atoms with Crippen molar-refractivity contribution in [2.24, 2.45) is 0 Å². The van der Waals surface area contributed by atoms with Crippen molar-refractivity contribution < 1.29 is 9.53 Å². The van der Waals surface area contributed by atoms with Gasteiger partial charge in [-0.25, -0.2) is 4.79 Å². The molecule has 0 saturated carbocycles. The molecule has 3 nitrogen and oxygen atoms in total. The number of allylic oxidation sites excluding steroid dienone is 7. The summed E-state index contributed by atoms with van der Waals surface area (Å²) in [4.78, 5) is 14.5. The van der Waals surface area contributed by atoms with Crippen LogP contribution in [0, 0.1) is 0 Å². The van der Waals surface area contributed by atoms with E-state index in [2.05, 4.69) is 43.3 Å². The first kappa shape index (κ1) is 21.4. The van der Waals surface area contributed by atoms with E-state index in [0.717, 1.165) is 12.8 Å². The van der Waals surface area contributed by atoms with Crippen LogP contribution in [0.1, 0.15) is 24.5 Å². The zero-order valence-electron chi connectivity index (χ0n) is 17.7. The molecule has 0 fully saturated rings. The Hall–Kier alpha value is -3.33. The normalized spacial score (nSPS) is 20.3. The lowest BCUT2D eigenvalue weighted by Gasteiger charge is -2.34. The average molecular weight is 400 g/mol. The Bertz CT molecular complexity index is 941. The van der Waals surface area contributed by atoms with Crippen molar-refractivity contribution in [3.63, 3.8) is 0 Å². The van der Waals surface area contributed by atoms with Gasteiger partial charge in [0.05, 0.1) is 0 Å². The van der Waals surface area contributed by atoms with Gasteiger partial charge in [0.15, 0.2) is 0 Å². The zero-order chi connectivity index (χ0) is 21.2. The lowest BCUT2D eigenvalue weighted by atomic mass is 9.77. The van der Waals surface area contributed by atoms with Gasteiger partial charge in [0, 0.05) is 19.0 Å². The fraction of sp³-hybridized carbons (Fsp3) is 0.222. The van der Waals surface area contributed by atoms with Crippen LogP contribution < -0.4 is 0 Å². The summed E-state index contributed by atoms with van der Waals surface area (Å²) >= 11 is 0. The SMILES string of the molecule is CN(CC(C)(Cc1ccccc1)c1ccccc1)C(=O)OC1=C\C\C=C/C=C\C=C/1. The quantitative estimate of drug-likeness (QED) is 0.578. The molecule has 1 amide bonds. The second-order valence-corrected chi connectivity index (χ2v) is 7.83. The van der Waals surface area contributed by atoms with Gasteiger partial charge in [0.25, 0.3) is 0 Å². The second-order valence-electron chi connectivity index (χ2n) is 7.83. The molecule has 3 rings (SSSR count). The molecule has 3 heteroatoms. The Balaban J connectivity index is 1.76. The van der Waals surface area contributed by atoms with Gasteiger partial charge in [0.1, 0.15) is 5.76 Å². The Morgan fingerprint density at radius 2 is 1.63 bits per heavy atom. The van der Waals surface area contributed by atoms with Crippen molar-refractivity contribution in [1.82, 2.24) is 4.90 Å². The van der Waals surface area contributed by atoms with Crippen LogP contribution in [0.4, 0.5) is 4.79 Å². The van der Waals surface area contributed by atoms with Gasteiger partial charge >= 0.3 is 6.09 Å². The van der Waals surface area contributed by atoms with Crippen molar-refractivity contribution in [3.05, 3.63) is 120 Å². The highest BCUT2D eigenvalue weighted by molar-refractivity contribution is 5.69. The van der Waals surface area contributed by atoms with Crippen molar-refractivity contribution in [1.29, 1.82) is 0 Å². The number of benzene rings is 2. The molecular formula is C27H29NO2. The van der Waals surface area contributed by atoms with E-state index in [1.54, 1.807) is 11.9 Å². The molecule has 0 radical (unpaired) electrons. The highest BCUT2D eigenvalue weighted by Crippen LogP contribution is 2.29. The fourth-order valence-corrected chi connectivity index (χ4v) is 3.67. The molecule has 2 aromatic rings. The Morgan fingerprint density at radius 1 is 0.967 bits per heavy atom. The van der Waals surface area contributed by atoms with Gasteiger partial charge in [-0.1, -0.05) is 98.0 Å². The lowest BCUT2D eigenvalue weighted by Crippen LogP contribution is -2.41. The third kappa shape index (κ3) is 6.08. The van der Waals surface area contributed by atoms with Gasteiger partial charge in [-0.3, -0.25) is 0 Å². The van der Waals surface area contributed by atoms with Crippen LogP contribution in [0.5, 0.6) is 0 Å². The number of hydrogen-bond acceptors (Lipinski definition) is 2. The summed E-state index contributed by atoms with van der Waals surface area (Å²) in [6.07, 6.45) is 14.7. The van der Waals surface area contributed by atoms with Crippen molar-refractivity contribution in [2.45, 2.75) is 25.2 Å². The molecule has 1 aliphatic carbocycles. The van der Waals surface area contributed by atoms with Gasteiger partial charge in [-0.05, 0) is 36.1 Å². The van der Waals surface area contributed by atoms with E-state index in [-0.39, 0.29) is 11.5 Å². The molecule has 0 spiro atoms. The van der Waals surface area contributed by atoms with E-state index < -0.39 is 0 Å². The summed E-state index contributed by atoms with van der Waals surface area (Å²) in [6.45, 7) is 2.75. The molecule has 0 aromatic heterocycles. The third-order valence-corrected chi connectivity index (χ3v) is 5.20. The first-order chi connectivity index (χ1) is 14.6. The van der Waals surface area contributed by atoms with E-state index in [4.69, 9.17) is 4.74 Å². The molecule has 0 bridgehead atoms. The summed E-state index contributed by atoms with van der Waals surface area (Å²) in [6, 6.07) is 20.8. The van der Waals surface area contributed by atoms with Crippen molar-refractivity contribution in [2.75, 3.05) is 13.6 Å². The smallest absolute Gasteiger partial charge is 0.411 e. The average Bonchev–Trinajstić information content (AvgIpc) is 2.89. The first-order valence-corrected chi connectivity index (χ1v) is 10.3. The molecule has 1 atom stereocenters. The molecule has 0 aliphatic heterocycles. The maximum Gasteiger partial charge on any atom is 0.414 e. The number of carbonyl (C=O) groups is 1. The topological polar surface area (TPSA) is 29.5 Å². The van der Waals surface area contributed by atoms with Gasteiger partial charge in [-0.2, -0.15) is 0 Å². The summed E-state index contributed by atoms with van der Waals surface area (Å²) < 4.78 is 5.67. The second kappa shape index (κ2) is 10.4. The van der Waals surface area contributed by atoms with Crippen molar-refractivity contribution in [3.8, 4) is 0 Å². The Kier molecular flexibility index (Phi) is 7.45. The summed E-state index contributed by atoms with van der Waals surface area (Å²) in [7, 11) is 1.80. The van der Waals surface area contributed by atoms with Crippen LogP contribution in [0.25, 0.3) is 0 Å². The monoisotopic (exact) mass is 399 g/mol. The third-order valence-electron chi connectivity index (χ3n) is 5.20. The maximum atomic E-state index is 12.8. The number of ether oxygens (including phenoxy) is 1. The Morgan fingerprint density at radius 3 is 2.37 bits per heavy atom. The van der Waals surface area contributed by atoms with Gasteiger partial charge in [-0.15, -0.1) is 0 Å². The molecule has 1 unspecified atom stereocenters. The summed E-state index contributed by atoms with van der Waals surface area (Å²) in [5.41, 5.74) is 2.20. The molecule has 0 N–H and O–H groups in total. The van der Waals surface area contributed by atoms with E-state index in [1.165, 1.54) is 11.1 Å². The van der Waals surface area contributed by atoms with Crippen LogP contribution in [-0.2, 0) is 16.6 Å². The van der Waals surface area contributed by atoms with Gasteiger partial charge in [0.2, 0.25) is 0 Å². The Labute approximate surface area is 179 Å². The number of carbonyl (C=O) groups excluding carboxylic acids is 1. The molecule has 1 aliphatic rings. The fourth-order valence-electron chi connectivity index (χ4n) is 3.67. The molecule has 2 aromatic carbocycles. The number of nitrogens with zero attached hydrogens (tertiary/aromatic N) is 1. The minimum atomic E-state index is -0.353. The van der Waals surface area contributed by atoms with Crippen LogP contribution in [-0.4, -0.2) is 24.6 Å². The van der Waals surface area contributed by atoms with Gasteiger partial charge < -0.3 is 9.64 Å². The molecular weight excluding hydrogens is 370 g/mol. The number of amides is 1. The molecule has 30 heavy (non-hydrogen) atoms. The molecule has 0 saturated heterocycles. The summed E-state index contributed by atoms with van der Waals surface area (Å²) in [5.74, 6) is 0.563. The van der Waals surface area contributed by atoms with Crippen LogP contribution in [0.2, 0.25) is 0 Å². The highest BCUT2D eigenvalue weighted by Gasteiger charge is 2.30. The van der Waals surface area contributed by atoms with Crippen LogP contribution in [0.3, 0.4) is 0 Å². The number of rotatable bonds is 6. The van der Waals surface area contributed by atoms with Crippen LogP contribution in [0.15, 0.2) is 109 Å². The van der Waals surface area contributed by atoms with E-state index >= 15 is 0 Å². The standard InChI is InChI=1S/C27H29NO2/c1-27(24-17-11-8-12-18-24,21-23-15-9-7-10-16-23)22-28(2)26(29)30-25-19-13-5-3-4-6-14-20-25/h3-13,15-20H,14,21-22H2,1-2H3/b5-3-,6-4-,19-13-,25-20+. The first-order valence-electron chi connectivity index (χ1n) is 10.3. The van der Waals surface area contributed by atoms with Crippen molar-refractivity contribution >= 4 is 6.09 Å². The predicted molar refractivity (Wildman–Crippen MR) is 123 cm³/mol. The maximum absolute atomic E-state index is 12.8. The van der Waals surface area contributed by atoms with E-state index in [0.29, 0.717) is 12.3 Å². The van der Waals surface area contributed by atoms with E-state index in [1.807, 2.05) is 66.8 Å². The molecule has 154 valence electrons. The number of likely N-dealkylation sites (N-methyl/N-ethyl adjacent to an activating group) is 1. The largest absolute Gasteiger partial charge is 0.414 e. The summed E-state index contributed by atoms with van der Waals surface area (Å²) in [5, 5.41) is 0. The minimum absolute atomic E-state index is 0.246. The zero-order valence-corrected chi connectivity index (χ0v) is 17.7. The van der Waals surface area contributed by atoms with Crippen LogP contribution >= 0.6 is 0 Å². The predicted octanol–water partition coefficient (Wildman–Crippen LogP) is 6.21.